The Labute approximate surface area is 184 Å². The quantitative estimate of drug-likeness (QED) is 0.261. The first kappa shape index (κ1) is 32.1. The summed E-state index contributed by atoms with van der Waals surface area (Å²) < 4.78 is 260. The number of esters is 1. The molecule has 0 saturated carbocycles. The highest BCUT2D eigenvalue weighted by Crippen LogP contribution is 2.65. The van der Waals surface area contributed by atoms with Gasteiger partial charge in [0.05, 0.1) is 13.0 Å². The molecule has 0 aromatic rings. The van der Waals surface area contributed by atoms with E-state index in [1.165, 1.54) is 0 Å². The molecule has 0 aromatic heterocycles. The molecule has 1 heterocycles. The molecular formula is C14H7F19O3. The predicted molar refractivity (Wildman–Crippen MR) is 70.9 cm³/mol. The predicted octanol–water partition coefficient (Wildman–Crippen LogP) is 5.96. The van der Waals surface area contributed by atoms with Crippen LogP contribution in [0.15, 0.2) is 0 Å². The van der Waals surface area contributed by atoms with Crippen LogP contribution in [0.4, 0.5) is 83.4 Å². The lowest BCUT2D eigenvalue weighted by Gasteiger charge is -2.44. The number of ether oxygens (including phenoxy) is 2. The molecule has 1 unspecified atom stereocenters. The first-order valence-corrected chi connectivity index (χ1v) is 8.36. The average Bonchev–Trinajstić information content (AvgIpc) is 2.90. The van der Waals surface area contributed by atoms with Crippen LogP contribution in [-0.2, 0) is 14.3 Å². The molecule has 1 fully saturated rings. The number of cyclic esters (lactones) is 1. The molecule has 1 atom stereocenters. The van der Waals surface area contributed by atoms with Crippen molar-refractivity contribution in [3.05, 3.63) is 0 Å². The van der Waals surface area contributed by atoms with Crippen LogP contribution in [0.1, 0.15) is 6.42 Å². The minimum absolute atomic E-state index is 1.03. The lowest BCUT2D eigenvalue weighted by Crippen LogP contribution is -2.76. The number of alkyl halides is 19. The van der Waals surface area contributed by atoms with E-state index in [-0.39, 0.29) is 0 Å². The summed E-state index contributed by atoms with van der Waals surface area (Å²) in [6, 6.07) is 0. The number of halogens is 19. The smallest absolute Gasteiger partial charge is 0.460 e. The largest absolute Gasteiger partial charge is 0.463 e. The van der Waals surface area contributed by atoms with Crippen LogP contribution >= 0.6 is 0 Å². The summed E-state index contributed by atoms with van der Waals surface area (Å²) in [5, 5.41) is 0. The fraction of sp³-hybridized carbons (Fsp3) is 0.929. The Kier molecular flexibility index (Phi) is 7.65. The van der Waals surface area contributed by atoms with Crippen LogP contribution in [-0.4, -0.2) is 78.8 Å². The van der Waals surface area contributed by atoms with E-state index in [0.29, 0.717) is 0 Å². The molecule has 0 amide bonds. The number of carbonyl (C=O) groups excluding carboxylic acids is 1. The molecule has 22 heteroatoms. The van der Waals surface area contributed by atoms with Gasteiger partial charge in [0.2, 0.25) is 0 Å². The van der Waals surface area contributed by atoms with Gasteiger partial charge in [0.1, 0.15) is 12.7 Å². The molecule has 1 saturated heterocycles. The lowest BCUT2D eigenvalue weighted by molar-refractivity contribution is -0.470. The molecule has 0 bridgehead atoms. The van der Waals surface area contributed by atoms with E-state index in [1.54, 1.807) is 0 Å². The monoisotopic (exact) mass is 584 g/mol. The summed E-state index contributed by atoms with van der Waals surface area (Å²) >= 11 is 0. The molecule has 1 aliphatic rings. The normalized spacial score (nSPS) is 20.8. The van der Waals surface area contributed by atoms with E-state index in [9.17, 15) is 88.2 Å². The molecule has 36 heavy (non-hydrogen) atoms. The van der Waals surface area contributed by atoms with Crippen LogP contribution in [0.25, 0.3) is 0 Å². The van der Waals surface area contributed by atoms with Crippen LogP contribution in [0.2, 0.25) is 0 Å². The molecule has 0 spiro atoms. The maximum Gasteiger partial charge on any atom is 0.460 e. The van der Waals surface area contributed by atoms with Crippen molar-refractivity contribution in [3.63, 3.8) is 0 Å². The van der Waals surface area contributed by atoms with E-state index in [1.807, 2.05) is 0 Å². The standard InChI is InChI=1S/C14H7F19O3/c15-6(16,4-3-5(34)36-2-1-35-4)7(17,18)8(19,20)9(21,22)10(23,24)11(25,26)12(27,28)13(29,30)14(31,32)33/h4H,1-3H2. The molecule has 3 nitrogen and oxygen atoms in total. The van der Waals surface area contributed by atoms with Gasteiger partial charge in [-0.3, -0.25) is 4.79 Å². The molecule has 1 aliphatic heterocycles. The van der Waals surface area contributed by atoms with E-state index in [2.05, 4.69) is 9.47 Å². The fourth-order valence-corrected chi connectivity index (χ4v) is 2.42. The minimum Gasteiger partial charge on any atom is -0.463 e. The van der Waals surface area contributed by atoms with Crippen molar-refractivity contribution in [1.29, 1.82) is 0 Å². The van der Waals surface area contributed by atoms with E-state index >= 15 is 0 Å². The summed E-state index contributed by atoms with van der Waals surface area (Å²) in [6.07, 6.45) is -14.0. The number of rotatable bonds is 8. The number of hydrogen-bond donors (Lipinski definition) is 0. The van der Waals surface area contributed by atoms with Crippen molar-refractivity contribution in [3.8, 4) is 0 Å². The van der Waals surface area contributed by atoms with Crippen molar-refractivity contribution in [2.24, 2.45) is 0 Å². The fourth-order valence-electron chi connectivity index (χ4n) is 2.42. The number of hydrogen-bond acceptors (Lipinski definition) is 3. The topological polar surface area (TPSA) is 35.5 Å². The Morgan fingerprint density at radius 3 is 1.19 bits per heavy atom. The molecule has 0 aliphatic carbocycles. The summed E-state index contributed by atoms with van der Waals surface area (Å²) in [4.78, 5) is 11.0. The Hall–Kier alpha value is -1.90. The van der Waals surface area contributed by atoms with Crippen LogP contribution in [0, 0.1) is 0 Å². The van der Waals surface area contributed by atoms with Crippen molar-refractivity contribution in [2.75, 3.05) is 13.2 Å². The van der Waals surface area contributed by atoms with Gasteiger partial charge in [-0.2, -0.15) is 83.4 Å². The third kappa shape index (κ3) is 4.09. The van der Waals surface area contributed by atoms with E-state index in [4.69, 9.17) is 0 Å². The average molecular weight is 584 g/mol. The zero-order valence-corrected chi connectivity index (χ0v) is 16.1. The molecule has 0 aromatic carbocycles. The van der Waals surface area contributed by atoms with E-state index in [0.717, 1.165) is 0 Å². The van der Waals surface area contributed by atoms with Crippen molar-refractivity contribution < 1.29 is 97.7 Å². The molecule has 214 valence electrons. The minimum atomic E-state index is -9.00. The summed E-state index contributed by atoms with van der Waals surface area (Å²) in [7, 11) is 0. The van der Waals surface area contributed by atoms with Crippen LogP contribution in [0.3, 0.4) is 0 Å². The first-order valence-electron chi connectivity index (χ1n) is 8.36. The van der Waals surface area contributed by atoms with Gasteiger partial charge >= 0.3 is 59.5 Å². The van der Waals surface area contributed by atoms with E-state index < -0.39 is 85.3 Å². The molecule has 1 rings (SSSR count). The van der Waals surface area contributed by atoms with Crippen molar-refractivity contribution >= 4 is 5.97 Å². The van der Waals surface area contributed by atoms with Gasteiger partial charge in [0.15, 0.2) is 0 Å². The van der Waals surface area contributed by atoms with Crippen molar-refractivity contribution in [2.45, 2.75) is 66.1 Å². The Morgan fingerprint density at radius 1 is 0.500 bits per heavy atom. The summed E-state index contributed by atoms with van der Waals surface area (Å²) in [5.74, 6) is -69.5. The maximum absolute atomic E-state index is 14.0. The molecule has 0 N–H and O–H groups in total. The Morgan fingerprint density at radius 2 is 0.833 bits per heavy atom. The molecular weight excluding hydrogens is 577 g/mol. The zero-order chi connectivity index (χ0) is 29.2. The third-order valence-corrected chi connectivity index (χ3v) is 4.56. The second-order valence-electron chi connectivity index (χ2n) is 6.93. The summed E-state index contributed by atoms with van der Waals surface area (Å²) in [5.41, 5.74) is 0. The zero-order valence-electron chi connectivity index (χ0n) is 16.1. The Bertz CT molecular complexity index is 830. The van der Waals surface area contributed by atoms with Gasteiger partial charge in [-0.25, -0.2) is 0 Å². The van der Waals surface area contributed by atoms with Gasteiger partial charge in [-0.15, -0.1) is 0 Å². The number of carbonyl (C=O) groups is 1. The first-order chi connectivity index (χ1) is 15.5. The highest BCUT2D eigenvalue weighted by Gasteiger charge is 2.97. The maximum atomic E-state index is 14.0. The second kappa shape index (κ2) is 8.57. The van der Waals surface area contributed by atoms with Crippen LogP contribution < -0.4 is 0 Å². The van der Waals surface area contributed by atoms with Crippen molar-refractivity contribution in [1.82, 2.24) is 0 Å². The molecule has 0 radical (unpaired) electrons. The van der Waals surface area contributed by atoms with Crippen LogP contribution in [0.5, 0.6) is 0 Å². The van der Waals surface area contributed by atoms with Gasteiger partial charge < -0.3 is 9.47 Å². The second-order valence-corrected chi connectivity index (χ2v) is 6.93. The highest BCUT2D eigenvalue weighted by molar-refractivity contribution is 5.70. The SMILES string of the molecule is O=C1CC(C(F)(F)C(F)(F)C(F)(F)C(F)(F)C(F)(F)C(F)(F)C(F)(F)C(F)(F)C(F)(F)F)OCCO1. The van der Waals surface area contributed by atoms with Gasteiger partial charge in [0.25, 0.3) is 0 Å². The lowest BCUT2D eigenvalue weighted by atomic mass is 9.86. The van der Waals surface area contributed by atoms with Gasteiger partial charge in [-0.05, 0) is 0 Å². The Balaban J connectivity index is 3.68. The van der Waals surface area contributed by atoms with Gasteiger partial charge in [-0.1, -0.05) is 0 Å². The highest BCUT2D eigenvalue weighted by atomic mass is 19.4. The van der Waals surface area contributed by atoms with Gasteiger partial charge in [0, 0.05) is 0 Å². The third-order valence-electron chi connectivity index (χ3n) is 4.56. The summed E-state index contributed by atoms with van der Waals surface area (Å²) in [6.45, 7) is -2.37.